The second-order valence-electron chi connectivity index (χ2n) is 16.7. The Labute approximate surface area is 310 Å². The molecule has 3 unspecified atom stereocenters. The molecule has 3 aliphatic heterocycles. The van der Waals surface area contributed by atoms with Crippen molar-refractivity contribution >= 4 is 29.5 Å². The Bertz CT molecular complexity index is 1290. The van der Waals surface area contributed by atoms with Gasteiger partial charge < -0.3 is 29.2 Å². The summed E-state index contributed by atoms with van der Waals surface area (Å²) < 4.78 is 23.7. The molecule has 3 rings (SSSR count). The zero-order chi connectivity index (χ0) is 38.9. The molecule has 2 fully saturated rings. The molecule has 0 aromatic rings. The van der Waals surface area contributed by atoms with Crippen molar-refractivity contribution in [3.05, 3.63) is 11.1 Å². The first kappa shape index (κ1) is 43.9. The molecule has 0 aliphatic carbocycles. The van der Waals surface area contributed by atoms with Crippen LogP contribution in [0.4, 0.5) is 0 Å². The molecule has 2 N–H and O–H groups in total. The first-order valence-electron chi connectivity index (χ1n) is 19.8. The van der Waals surface area contributed by atoms with Crippen molar-refractivity contribution in [2.75, 3.05) is 0 Å². The lowest BCUT2D eigenvalue weighted by atomic mass is 9.79. The molecule has 0 aromatic carbocycles. The Hall–Kier alpha value is -2.47. The van der Waals surface area contributed by atoms with Crippen LogP contribution < -0.4 is 0 Å². The van der Waals surface area contributed by atoms with Crippen molar-refractivity contribution in [1.82, 2.24) is 0 Å². The van der Waals surface area contributed by atoms with E-state index in [4.69, 9.17) is 14.2 Å². The maximum absolute atomic E-state index is 13.1. The van der Waals surface area contributed by atoms with Crippen LogP contribution in [0.3, 0.4) is 0 Å². The highest BCUT2D eigenvalue weighted by Gasteiger charge is 2.47. The highest BCUT2D eigenvalue weighted by molar-refractivity contribution is 6.12. The highest BCUT2D eigenvalue weighted by Crippen LogP contribution is 2.45. The van der Waals surface area contributed by atoms with Crippen molar-refractivity contribution in [2.45, 2.75) is 182 Å². The highest BCUT2D eigenvalue weighted by atomic mass is 16.7. The standard InChI is InChI=1S/C41H66O11/c1-23(2)35(49-36(46)22-33(45)37-29(8)39(47)50-40(37)48)21-31(43)20-32(44)25(4)13-10-14-27(6)38-28(7)17-19-41(52-38)18-16-26(5)34(51-41)15-11-12-24(3)30(9)42/h23-28,31,33-35,38,43,45H,10-22H2,1-9H3/t24-,25+,26?,27-,28+,31-,33-,34?,35+,38?,41+/m1/s1. The fourth-order valence-corrected chi connectivity index (χ4v) is 7.89. The van der Waals surface area contributed by atoms with Crippen molar-refractivity contribution < 1.29 is 53.1 Å². The van der Waals surface area contributed by atoms with Crippen LogP contribution in [0.1, 0.15) is 146 Å². The molecular formula is C41H66O11. The first-order chi connectivity index (χ1) is 24.3. The van der Waals surface area contributed by atoms with Gasteiger partial charge in [-0.1, -0.05) is 61.3 Å². The average Bonchev–Trinajstić information content (AvgIpc) is 3.33. The topological polar surface area (TPSA) is 163 Å². The lowest BCUT2D eigenvalue weighted by molar-refractivity contribution is -0.337. The van der Waals surface area contributed by atoms with Gasteiger partial charge in [0.1, 0.15) is 17.7 Å². The van der Waals surface area contributed by atoms with E-state index in [0.29, 0.717) is 18.3 Å². The van der Waals surface area contributed by atoms with Crippen molar-refractivity contribution in [1.29, 1.82) is 0 Å². The number of carbonyl (C=O) groups excluding carboxylic acids is 5. The summed E-state index contributed by atoms with van der Waals surface area (Å²) in [5, 5.41) is 21.2. The fraction of sp³-hybridized carbons (Fsp3) is 0.829. The summed E-state index contributed by atoms with van der Waals surface area (Å²) in [5.41, 5.74) is -0.303. The van der Waals surface area contributed by atoms with Crippen molar-refractivity contribution in [2.24, 2.45) is 35.5 Å². The molecule has 11 heteroatoms. The summed E-state index contributed by atoms with van der Waals surface area (Å²) in [7, 11) is 0. The van der Waals surface area contributed by atoms with Crippen LogP contribution in [0.2, 0.25) is 0 Å². The van der Waals surface area contributed by atoms with E-state index in [1.165, 1.54) is 6.92 Å². The number of carbonyl (C=O) groups is 5. The first-order valence-corrected chi connectivity index (χ1v) is 19.8. The Morgan fingerprint density at radius 1 is 0.865 bits per heavy atom. The minimum atomic E-state index is -1.55. The van der Waals surface area contributed by atoms with Gasteiger partial charge in [-0.25, -0.2) is 9.59 Å². The van der Waals surface area contributed by atoms with Gasteiger partial charge >= 0.3 is 17.9 Å². The summed E-state index contributed by atoms with van der Waals surface area (Å²) in [4.78, 5) is 60.9. The van der Waals surface area contributed by atoms with Crippen LogP contribution in [0.5, 0.6) is 0 Å². The molecule has 0 saturated carbocycles. The Morgan fingerprint density at radius 3 is 2.10 bits per heavy atom. The third kappa shape index (κ3) is 12.3. The number of hydrogen-bond donors (Lipinski definition) is 2. The van der Waals surface area contributed by atoms with Crippen molar-refractivity contribution in [3.8, 4) is 0 Å². The summed E-state index contributed by atoms with van der Waals surface area (Å²) in [6.45, 7) is 17.3. The van der Waals surface area contributed by atoms with E-state index in [9.17, 15) is 34.2 Å². The number of ether oxygens (including phenoxy) is 4. The molecule has 3 aliphatic rings. The van der Waals surface area contributed by atoms with Gasteiger partial charge in [0.25, 0.3) is 0 Å². The number of esters is 3. The molecule has 11 nitrogen and oxygen atoms in total. The van der Waals surface area contributed by atoms with Gasteiger partial charge in [-0.15, -0.1) is 0 Å². The van der Waals surface area contributed by atoms with Crippen LogP contribution in [-0.4, -0.2) is 76.0 Å². The van der Waals surface area contributed by atoms with E-state index >= 15 is 0 Å². The number of Topliss-reactive ketones (excluding diaryl/α,β-unsaturated/α-hetero) is 2. The van der Waals surface area contributed by atoms with Gasteiger partial charge in [0.15, 0.2) is 5.79 Å². The molecule has 52 heavy (non-hydrogen) atoms. The number of rotatable bonds is 20. The number of aliphatic hydroxyl groups excluding tert-OH is 2. The minimum absolute atomic E-state index is 0.0460. The van der Waals surface area contributed by atoms with Gasteiger partial charge in [-0.3, -0.25) is 14.4 Å². The van der Waals surface area contributed by atoms with Gasteiger partial charge in [-0.2, -0.15) is 0 Å². The number of ketones is 2. The van der Waals surface area contributed by atoms with Crippen LogP contribution in [0, 0.1) is 35.5 Å². The summed E-state index contributed by atoms with van der Waals surface area (Å²) >= 11 is 0. The lowest BCUT2D eigenvalue weighted by Gasteiger charge is -2.51. The molecular weight excluding hydrogens is 668 g/mol. The number of hydrogen-bond acceptors (Lipinski definition) is 11. The Kier molecular flexibility index (Phi) is 16.7. The maximum Gasteiger partial charge on any atom is 0.345 e. The molecule has 0 aromatic heterocycles. The van der Waals surface area contributed by atoms with Crippen LogP contribution in [-0.2, 0) is 42.9 Å². The smallest absolute Gasteiger partial charge is 0.345 e. The predicted molar refractivity (Wildman–Crippen MR) is 195 cm³/mol. The SMILES string of the molecule is CC(=O)[C@H](C)CCCC1O[C@]2(CCC1C)CC[C@H](C)C([C@H](C)CCC[C@H](C)C(=O)C[C@@H](O)C[C@H](OC(=O)C[C@@H](O)C1=C(C)C(=O)OC1=O)C(C)C)O2. The molecule has 0 amide bonds. The third-order valence-corrected chi connectivity index (χ3v) is 11.9. The van der Waals surface area contributed by atoms with Crippen LogP contribution >= 0.6 is 0 Å². The summed E-state index contributed by atoms with van der Waals surface area (Å²) in [6, 6.07) is 0. The predicted octanol–water partition coefficient (Wildman–Crippen LogP) is 6.58. The molecule has 0 bridgehead atoms. The molecule has 11 atom stereocenters. The molecule has 0 radical (unpaired) electrons. The van der Waals surface area contributed by atoms with Crippen LogP contribution in [0.15, 0.2) is 11.1 Å². The monoisotopic (exact) mass is 734 g/mol. The normalized spacial score (nSPS) is 28.7. The number of aliphatic hydroxyl groups is 2. The van der Waals surface area contributed by atoms with E-state index in [1.54, 1.807) is 6.92 Å². The largest absolute Gasteiger partial charge is 0.462 e. The zero-order valence-electron chi connectivity index (χ0n) is 33.1. The third-order valence-electron chi connectivity index (χ3n) is 11.9. The molecule has 2 saturated heterocycles. The zero-order valence-corrected chi connectivity index (χ0v) is 33.1. The Balaban J connectivity index is 1.44. The van der Waals surface area contributed by atoms with E-state index in [2.05, 4.69) is 25.5 Å². The van der Waals surface area contributed by atoms with E-state index in [0.717, 1.165) is 57.8 Å². The second-order valence-corrected chi connectivity index (χ2v) is 16.7. The summed E-state index contributed by atoms with van der Waals surface area (Å²) in [5.74, 6) is -2.16. The molecule has 1 spiro atoms. The van der Waals surface area contributed by atoms with Gasteiger partial charge in [-0.05, 0) is 76.0 Å². The van der Waals surface area contributed by atoms with Crippen molar-refractivity contribution in [3.63, 3.8) is 0 Å². The van der Waals surface area contributed by atoms with Gasteiger partial charge in [0, 0.05) is 43.1 Å². The quantitative estimate of drug-likeness (QED) is 0.103. The average molecular weight is 735 g/mol. The van der Waals surface area contributed by atoms with E-state index < -0.39 is 48.4 Å². The van der Waals surface area contributed by atoms with Crippen LogP contribution in [0.25, 0.3) is 0 Å². The summed E-state index contributed by atoms with van der Waals surface area (Å²) in [6.07, 6.45) is 5.52. The fourth-order valence-electron chi connectivity index (χ4n) is 7.89. The van der Waals surface area contributed by atoms with Gasteiger partial charge in [0.2, 0.25) is 0 Å². The lowest BCUT2D eigenvalue weighted by Crippen LogP contribution is -2.53. The van der Waals surface area contributed by atoms with Gasteiger partial charge in [0.05, 0.1) is 36.4 Å². The molecule has 3 heterocycles. The minimum Gasteiger partial charge on any atom is -0.462 e. The second kappa shape index (κ2) is 19.7. The Morgan fingerprint density at radius 2 is 1.50 bits per heavy atom. The van der Waals surface area contributed by atoms with E-state index in [-0.39, 0.29) is 71.4 Å². The van der Waals surface area contributed by atoms with E-state index in [1.807, 2.05) is 27.7 Å². The molecule has 296 valence electrons. The number of cyclic esters (lactones) is 2. The maximum atomic E-state index is 13.1.